The SMILES string of the molecule is COc1ccc(-c2ccncc2)cc1-c1ccccc1. The van der Waals surface area contributed by atoms with Crippen LogP contribution in [0.4, 0.5) is 0 Å². The van der Waals surface area contributed by atoms with E-state index in [0.717, 1.165) is 28.0 Å². The lowest BCUT2D eigenvalue weighted by Gasteiger charge is -2.11. The summed E-state index contributed by atoms with van der Waals surface area (Å²) in [6.45, 7) is 0. The number of pyridine rings is 1. The Morgan fingerprint density at radius 2 is 1.50 bits per heavy atom. The molecule has 0 saturated carbocycles. The van der Waals surface area contributed by atoms with Gasteiger partial charge in [-0.05, 0) is 41.0 Å². The van der Waals surface area contributed by atoms with Crippen molar-refractivity contribution in [3.8, 4) is 28.0 Å². The zero-order valence-electron chi connectivity index (χ0n) is 11.3. The van der Waals surface area contributed by atoms with Gasteiger partial charge in [0.15, 0.2) is 0 Å². The molecule has 2 nitrogen and oxygen atoms in total. The molecule has 0 radical (unpaired) electrons. The fraction of sp³-hybridized carbons (Fsp3) is 0.0556. The van der Waals surface area contributed by atoms with Crippen LogP contribution >= 0.6 is 0 Å². The Bertz CT molecular complexity index is 693. The maximum absolute atomic E-state index is 5.48. The maximum Gasteiger partial charge on any atom is 0.126 e. The second-order valence-electron chi connectivity index (χ2n) is 4.52. The number of ether oxygens (including phenoxy) is 1. The van der Waals surface area contributed by atoms with Gasteiger partial charge >= 0.3 is 0 Å². The van der Waals surface area contributed by atoms with Gasteiger partial charge in [-0.2, -0.15) is 0 Å². The molecule has 0 unspecified atom stereocenters. The standard InChI is InChI=1S/C18H15NO/c1-20-18-8-7-16(14-9-11-19-12-10-14)13-17(18)15-5-3-2-4-6-15/h2-13H,1H3. The minimum atomic E-state index is 0.883. The summed E-state index contributed by atoms with van der Waals surface area (Å²) >= 11 is 0. The number of methoxy groups -OCH3 is 1. The molecule has 0 atom stereocenters. The van der Waals surface area contributed by atoms with Crippen LogP contribution in [0.1, 0.15) is 0 Å². The van der Waals surface area contributed by atoms with Crippen LogP contribution in [0.2, 0.25) is 0 Å². The Morgan fingerprint density at radius 3 is 2.20 bits per heavy atom. The van der Waals surface area contributed by atoms with Gasteiger partial charge in [-0.15, -0.1) is 0 Å². The summed E-state index contributed by atoms with van der Waals surface area (Å²) in [5, 5.41) is 0. The molecule has 0 amide bonds. The lowest BCUT2D eigenvalue weighted by molar-refractivity contribution is 0.416. The van der Waals surface area contributed by atoms with Crippen LogP contribution in [0, 0.1) is 0 Å². The van der Waals surface area contributed by atoms with Crippen molar-refractivity contribution >= 4 is 0 Å². The molecule has 0 aliphatic carbocycles. The molecular weight excluding hydrogens is 246 g/mol. The van der Waals surface area contributed by atoms with Gasteiger partial charge in [0.05, 0.1) is 7.11 Å². The van der Waals surface area contributed by atoms with Crippen LogP contribution in [0.5, 0.6) is 5.75 Å². The Labute approximate surface area is 118 Å². The molecule has 0 fully saturated rings. The number of hydrogen-bond acceptors (Lipinski definition) is 2. The van der Waals surface area contributed by atoms with E-state index in [1.807, 2.05) is 48.8 Å². The number of aromatic nitrogens is 1. The molecule has 0 N–H and O–H groups in total. The highest BCUT2D eigenvalue weighted by atomic mass is 16.5. The molecule has 0 spiro atoms. The highest BCUT2D eigenvalue weighted by Gasteiger charge is 2.07. The van der Waals surface area contributed by atoms with Gasteiger partial charge < -0.3 is 4.74 Å². The van der Waals surface area contributed by atoms with Gasteiger partial charge in [0, 0.05) is 18.0 Å². The summed E-state index contributed by atoms with van der Waals surface area (Å²) in [7, 11) is 1.70. The summed E-state index contributed by atoms with van der Waals surface area (Å²) in [6.07, 6.45) is 3.61. The molecule has 98 valence electrons. The van der Waals surface area contributed by atoms with Crippen molar-refractivity contribution in [1.82, 2.24) is 4.98 Å². The van der Waals surface area contributed by atoms with E-state index in [1.165, 1.54) is 0 Å². The Kier molecular flexibility index (Phi) is 3.46. The van der Waals surface area contributed by atoms with Gasteiger partial charge in [0.25, 0.3) is 0 Å². The molecular formula is C18H15NO. The van der Waals surface area contributed by atoms with Crippen molar-refractivity contribution in [2.45, 2.75) is 0 Å². The van der Waals surface area contributed by atoms with Gasteiger partial charge in [0.2, 0.25) is 0 Å². The first kappa shape index (κ1) is 12.4. The Morgan fingerprint density at radius 1 is 0.750 bits per heavy atom. The number of rotatable bonds is 3. The first-order valence-electron chi connectivity index (χ1n) is 6.52. The zero-order chi connectivity index (χ0) is 13.8. The first-order chi connectivity index (χ1) is 9.88. The fourth-order valence-electron chi connectivity index (χ4n) is 2.28. The second kappa shape index (κ2) is 5.57. The molecule has 1 heterocycles. The van der Waals surface area contributed by atoms with Crippen LogP contribution in [-0.2, 0) is 0 Å². The summed E-state index contributed by atoms with van der Waals surface area (Å²) in [5.74, 6) is 0.883. The minimum absolute atomic E-state index is 0.883. The third-order valence-corrected chi connectivity index (χ3v) is 3.30. The summed E-state index contributed by atoms with van der Waals surface area (Å²) < 4.78 is 5.48. The molecule has 3 rings (SSSR count). The summed E-state index contributed by atoms with van der Waals surface area (Å²) in [6, 6.07) is 20.5. The lowest BCUT2D eigenvalue weighted by atomic mass is 9.99. The molecule has 0 bridgehead atoms. The third kappa shape index (κ3) is 2.41. The average Bonchev–Trinajstić information content (AvgIpc) is 2.56. The fourth-order valence-corrected chi connectivity index (χ4v) is 2.28. The number of nitrogens with zero attached hydrogens (tertiary/aromatic N) is 1. The van der Waals surface area contributed by atoms with E-state index >= 15 is 0 Å². The van der Waals surface area contributed by atoms with E-state index in [9.17, 15) is 0 Å². The third-order valence-electron chi connectivity index (χ3n) is 3.30. The predicted molar refractivity (Wildman–Crippen MR) is 81.7 cm³/mol. The van der Waals surface area contributed by atoms with Crippen LogP contribution in [0.25, 0.3) is 22.3 Å². The van der Waals surface area contributed by atoms with Crippen molar-refractivity contribution in [1.29, 1.82) is 0 Å². The van der Waals surface area contributed by atoms with Gasteiger partial charge in [-0.1, -0.05) is 36.4 Å². The Hall–Kier alpha value is -2.61. The van der Waals surface area contributed by atoms with E-state index in [4.69, 9.17) is 4.74 Å². The molecule has 0 saturated heterocycles. The number of hydrogen-bond donors (Lipinski definition) is 0. The normalized spacial score (nSPS) is 10.2. The predicted octanol–water partition coefficient (Wildman–Crippen LogP) is 4.42. The van der Waals surface area contributed by atoms with Crippen molar-refractivity contribution in [2.24, 2.45) is 0 Å². The molecule has 2 heteroatoms. The highest BCUT2D eigenvalue weighted by Crippen LogP contribution is 2.33. The minimum Gasteiger partial charge on any atom is -0.496 e. The van der Waals surface area contributed by atoms with E-state index in [-0.39, 0.29) is 0 Å². The molecule has 2 aromatic carbocycles. The largest absolute Gasteiger partial charge is 0.496 e. The average molecular weight is 261 g/mol. The summed E-state index contributed by atoms with van der Waals surface area (Å²) in [5.41, 5.74) is 4.56. The van der Waals surface area contributed by atoms with Crippen LogP contribution < -0.4 is 4.74 Å². The van der Waals surface area contributed by atoms with E-state index < -0.39 is 0 Å². The smallest absolute Gasteiger partial charge is 0.126 e. The molecule has 0 aliphatic rings. The molecule has 20 heavy (non-hydrogen) atoms. The van der Waals surface area contributed by atoms with Crippen LogP contribution in [0.15, 0.2) is 73.1 Å². The zero-order valence-corrected chi connectivity index (χ0v) is 11.3. The van der Waals surface area contributed by atoms with Crippen LogP contribution in [0.3, 0.4) is 0 Å². The van der Waals surface area contributed by atoms with Crippen LogP contribution in [-0.4, -0.2) is 12.1 Å². The van der Waals surface area contributed by atoms with Gasteiger partial charge in [0.1, 0.15) is 5.75 Å². The Balaban J connectivity index is 2.13. The van der Waals surface area contributed by atoms with Gasteiger partial charge in [-0.25, -0.2) is 0 Å². The molecule has 3 aromatic rings. The second-order valence-corrected chi connectivity index (χ2v) is 4.52. The molecule has 1 aromatic heterocycles. The summed E-state index contributed by atoms with van der Waals surface area (Å²) in [4.78, 5) is 4.06. The van der Waals surface area contributed by atoms with Crippen molar-refractivity contribution in [2.75, 3.05) is 7.11 Å². The molecule has 0 aliphatic heterocycles. The number of benzene rings is 2. The monoisotopic (exact) mass is 261 g/mol. The first-order valence-corrected chi connectivity index (χ1v) is 6.52. The maximum atomic E-state index is 5.48. The van der Waals surface area contributed by atoms with Gasteiger partial charge in [-0.3, -0.25) is 4.98 Å². The van der Waals surface area contributed by atoms with E-state index in [2.05, 4.69) is 29.2 Å². The van der Waals surface area contributed by atoms with Crippen molar-refractivity contribution in [3.05, 3.63) is 73.1 Å². The highest BCUT2D eigenvalue weighted by molar-refractivity contribution is 5.77. The quantitative estimate of drug-likeness (QED) is 0.696. The van der Waals surface area contributed by atoms with E-state index in [0.29, 0.717) is 0 Å². The van der Waals surface area contributed by atoms with Crippen molar-refractivity contribution in [3.63, 3.8) is 0 Å². The van der Waals surface area contributed by atoms with Crippen molar-refractivity contribution < 1.29 is 4.74 Å². The van der Waals surface area contributed by atoms with E-state index in [1.54, 1.807) is 7.11 Å². The lowest BCUT2D eigenvalue weighted by Crippen LogP contribution is -1.89. The topological polar surface area (TPSA) is 22.1 Å².